The van der Waals surface area contributed by atoms with E-state index in [1.54, 1.807) is 45.2 Å². The summed E-state index contributed by atoms with van der Waals surface area (Å²) in [6.07, 6.45) is 0. The third-order valence-electron chi connectivity index (χ3n) is 1.84. The molecular weight excluding hydrogens is 517 g/mol. The number of sulfonamides is 1. The number of carbonyl (C=O) groups is 1. The Morgan fingerprint density at radius 3 is 2.16 bits per heavy atom. The fraction of sp³-hybridized carbons (Fsp3) is 0.125. The number of amides is 1. The van der Waals surface area contributed by atoms with Gasteiger partial charge in [-0.1, -0.05) is 0 Å². The number of hydrogen-bond donors (Lipinski definition) is 2. The molecule has 19 heavy (non-hydrogen) atoms. The second kappa shape index (κ2) is 5.59. The third-order valence-corrected chi connectivity index (χ3v) is 4.67. The SMILES string of the molecule is O=C(NS(=O)(=O)C(F)(F)F)c1c(I)ccc(I)c1O. The van der Waals surface area contributed by atoms with E-state index in [9.17, 15) is 31.5 Å². The minimum atomic E-state index is -5.81. The maximum atomic E-state index is 12.1. The molecule has 5 nitrogen and oxygen atoms in total. The van der Waals surface area contributed by atoms with Crippen LogP contribution >= 0.6 is 45.2 Å². The van der Waals surface area contributed by atoms with Crippen LogP contribution < -0.4 is 4.72 Å². The van der Waals surface area contributed by atoms with E-state index in [2.05, 4.69) is 0 Å². The summed E-state index contributed by atoms with van der Waals surface area (Å²) < 4.78 is 59.1. The quantitative estimate of drug-likeness (QED) is 0.586. The third kappa shape index (κ3) is 3.62. The number of rotatable bonds is 2. The Labute approximate surface area is 132 Å². The zero-order chi connectivity index (χ0) is 15.0. The van der Waals surface area contributed by atoms with Gasteiger partial charge in [-0.05, 0) is 57.3 Å². The predicted molar refractivity (Wildman–Crippen MR) is 76.0 cm³/mol. The van der Waals surface area contributed by atoms with Gasteiger partial charge in [0.05, 0.1) is 9.13 Å². The zero-order valence-corrected chi connectivity index (χ0v) is 13.8. The van der Waals surface area contributed by atoms with Crippen LogP contribution in [0.15, 0.2) is 12.1 Å². The lowest BCUT2D eigenvalue weighted by Crippen LogP contribution is -2.40. The lowest BCUT2D eigenvalue weighted by atomic mass is 10.2. The number of halogens is 5. The van der Waals surface area contributed by atoms with Crippen LogP contribution in [0.2, 0.25) is 0 Å². The standard InChI is InChI=1S/C8H4F3I2NO4S/c9-8(10,11)19(17,18)14-7(16)5-3(12)1-2-4(13)6(5)15/h1-2,15H,(H,14,16). The van der Waals surface area contributed by atoms with Gasteiger partial charge < -0.3 is 5.11 Å². The minimum absolute atomic E-state index is 0.116. The van der Waals surface area contributed by atoms with E-state index < -0.39 is 32.8 Å². The molecule has 1 amide bonds. The smallest absolute Gasteiger partial charge is 0.506 e. The Morgan fingerprint density at radius 2 is 1.68 bits per heavy atom. The van der Waals surface area contributed by atoms with Gasteiger partial charge in [0.25, 0.3) is 5.91 Å². The fourth-order valence-electron chi connectivity index (χ4n) is 0.988. The minimum Gasteiger partial charge on any atom is -0.506 e. The molecule has 0 saturated heterocycles. The molecule has 106 valence electrons. The van der Waals surface area contributed by atoms with Crippen LogP contribution in [-0.2, 0) is 10.0 Å². The maximum absolute atomic E-state index is 12.1. The molecule has 2 N–H and O–H groups in total. The molecule has 0 aliphatic carbocycles. The van der Waals surface area contributed by atoms with Crippen LogP contribution in [0.25, 0.3) is 0 Å². The van der Waals surface area contributed by atoms with Crippen LogP contribution in [-0.4, -0.2) is 24.9 Å². The molecule has 0 heterocycles. The summed E-state index contributed by atoms with van der Waals surface area (Å²) >= 11 is 3.24. The molecule has 0 atom stereocenters. The average Bonchev–Trinajstić information content (AvgIpc) is 2.21. The molecular formula is C8H4F3I2NO4S. The van der Waals surface area contributed by atoms with E-state index in [4.69, 9.17) is 0 Å². The summed E-state index contributed by atoms with van der Waals surface area (Å²) in [4.78, 5) is 11.5. The van der Waals surface area contributed by atoms with Crippen LogP contribution in [0.4, 0.5) is 13.2 Å². The first kappa shape index (κ1) is 16.7. The van der Waals surface area contributed by atoms with Crippen LogP contribution in [0, 0.1) is 7.14 Å². The molecule has 0 fully saturated rings. The Balaban J connectivity index is 3.21. The van der Waals surface area contributed by atoms with Crippen molar-refractivity contribution in [1.29, 1.82) is 0 Å². The van der Waals surface area contributed by atoms with Gasteiger partial charge in [-0.2, -0.15) is 21.6 Å². The summed E-state index contributed by atoms with van der Waals surface area (Å²) in [6, 6.07) is 2.78. The molecule has 0 aromatic heterocycles. The lowest BCUT2D eigenvalue weighted by Gasteiger charge is -2.11. The molecule has 0 saturated carbocycles. The van der Waals surface area contributed by atoms with Gasteiger partial charge in [0, 0.05) is 3.57 Å². The van der Waals surface area contributed by atoms with Gasteiger partial charge in [0.1, 0.15) is 5.75 Å². The number of carbonyl (C=O) groups excluding carboxylic acids is 1. The lowest BCUT2D eigenvalue weighted by molar-refractivity contribution is -0.0446. The molecule has 1 rings (SSSR count). The molecule has 0 spiro atoms. The Kier molecular flexibility index (Phi) is 4.93. The summed E-state index contributed by atoms with van der Waals surface area (Å²) in [5.74, 6) is -2.12. The highest BCUT2D eigenvalue weighted by Gasteiger charge is 2.47. The molecule has 0 radical (unpaired) electrons. The fourth-order valence-corrected chi connectivity index (χ4v) is 2.58. The van der Waals surface area contributed by atoms with Crippen molar-refractivity contribution >= 4 is 61.1 Å². The van der Waals surface area contributed by atoms with Crippen molar-refractivity contribution in [1.82, 2.24) is 4.72 Å². The number of phenols is 1. The number of alkyl halides is 3. The van der Waals surface area contributed by atoms with Crippen molar-refractivity contribution in [3.8, 4) is 5.75 Å². The average molecular weight is 521 g/mol. The second-order valence-electron chi connectivity index (χ2n) is 3.13. The van der Waals surface area contributed by atoms with E-state index in [0.717, 1.165) is 4.72 Å². The van der Waals surface area contributed by atoms with Crippen LogP contribution in [0.1, 0.15) is 10.4 Å². The number of aromatic hydroxyl groups is 1. The number of phenolic OH excluding ortho intramolecular Hbond substituents is 1. The van der Waals surface area contributed by atoms with Gasteiger partial charge in [0.15, 0.2) is 0 Å². The van der Waals surface area contributed by atoms with E-state index in [0.29, 0.717) is 0 Å². The summed E-state index contributed by atoms with van der Waals surface area (Å²) in [7, 11) is -5.81. The van der Waals surface area contributed by atoms with Gasteiger partial charge >= 0.3 is 15.5 Å². The summed E-state index contributed by atoms with van der Waals surface area (Å²) in [5, 5.41) is 9.60. The van der Waals surface area contributed by atoms with E-state index >= 15 is 0 Å². The van der Waals surface area contributed by atoms with E-state index in [-0.39, 0.29) is 7.14 Å². The Bertz CT molecular complexity index is 630. The van der Waals surface area contributed by atoms with Gasteiger partial charge in [-0.25, -0.2) is 4.72 Å². The Hall–Kier alpha value is -0.310. The second-order valence-corrected chi connectivity index (χ2v) is 7.13. The predicted octanol–water partition coefficient (Wildman–Crippen LogP) is 2.18. The zero-order valence-electron chi connectivity index (χ0n) is 8.62. The molecule has 0 aliphatic rings. The first-order valence-corrected chi connectivity index (χ1v) is 7.92. The summed E-state index contributed by atoms with van der Waals surface area (Å²) in [5.41, 5.74) is -6.13. The molecule has 0 aliphatic heterocycles. The van der Waals surface area contributed by atoms with E-state index in [1.165, 1.54) is 12.1 Å². The normalized spacial score (nSPS) is 12.3. The maximum Gasteiger partial charge on any atom is 0.516 e. The van der Waals surface area contributed by atoms with Crippen LogP contribution in [0.5, 0.6) is 5.75 Å². The highest BCUT2D eigenvalue weighted by molar-refractivity contribution is 14.1. The molecule has 0 unspecified atom stereocenters. The molecule has 1 aromatic carbocycles. The first-order valence-electron chi connectivity index (χ1n) is 4.27. The van der Waals surface area contributed by atoms with Crippen molar-refractivity contribution in [2.75, 3.05) is 0 Å². The number of hydrogen-bond acceptors (Lipinski definition) is 4. The van der Waals surface area contributed by atoms with Crippen molar-refractivity contribution in [3.63, 3.8) is 0 Å². The summed E-state index contributed by atoms with van der Waals surface area (Å²) in [6.45, 7) is 0. The van der Waals surface area contributed by atoms with Gasteiger partial charge in [0.2, 0.25) is 0 Å². The van der Waals surface area contributed by atoms with E-state index in [1.807, 2.05) is 0 Å². The molecule has 0 bridgehead atoms. The largest absolute Gasteiger partial charge is 0.516 e. The highest BCUT2D eigenvalue weighted by atomic mass is 127. The number of benzene rings is 1. The molecule has 1 aromatic rings. The van der Waals surface area contributed by atoms with Crippen molar-refractivity contribution in [3.05, 3.63) is 24.8 Å². The molecule has 11 heteroatoms. The van der Waals surface area contributed by atoms with Crippen LogP contribution in [0.3, 0.4) is 0 Å². The van der Waals surface area contributed by atoms with Crippen molar-refractivity contribution in [2.45, 2.75) is 5.51 Å². The van der Waals surface area contributed by atoms with Crippen molar-refractivity contribution in [2.24, 2.45) is 0 Å². The monoisotopic (exact) mass is 521 g/mol. The Morgan fingerprint density at radius 1 is 1.21 bits per heavy atom. The van der Waals surface area contributed by atoms with Gasteiger partial charge in [-0.15, -0.1) is 0 Å². The first-order chi connectivity index (χ1) is 8.47. The van der Waals surface area contributed by atoms with Crippen molar-refractivity contribution < 1.29 is 31.5 Å². The van der Waals surface area contributed by atoms with Gasteiger partial charge in [-0.3, -0.25) is 4.79 Å². The highest BCUT2D eigenvalue weighted by Crippen LogP contribution is 2.29. The topological polar surface area (TPSA) is 83.5 Å². The number of nitrogens with one attached hydrogen (secondary N) is 1.